The van der Waals surface area contributed by atoms with Gasteiger partial charge in [-0.3, -0.25) is 9.48 Å². The van der Waals surface area contributed by atoms with Crippen molar-refractivity contribution in [1.82, 2.24) is 20.1 Å². The third-order valence-corrected chi connectivity index (χ3v) is 4.69. The first-order valence-corrected chi connectivity index (χ1v) is 8.94. The molecule has 140 valence electrons. The number of nitrogens with one attached hydrogen (secondary N) is 1. The quantitative estimate of drug-likeness (QED) is 0.587. The van der Waals surface area contributed by atoms with Gasteiger partial charge in [0.05, 0.1) is 22.8 Å². The van der Waals surface area contributed by atoms with E-state index in [1.54, 1.807) is 42.2 Å². The van der Waals surface area contributed by atoms with Crippen LogP contribution in [-0.2, 0) is 13.6 Å². The highest BCUT2D eigenvalue weighted by Gasteiger charge is 2.17. The minimum absolute atomic E-state index is 0.107. The van der Waals surface area contributed by atoms with Gasteiger partial charge in [-0.05, 0) is 19.1 Å². The smallest absolute Gasteiger partial charge is 0.252 e. The van der Waals surface area contributed by atoms with E-state index in [4.69, 9.17) is 0 Å². The molecule has 4 rings (SSSR count). The molecule has 0 atom stereocenters. The summed E-state index contributed by atoms with van der Waals surface area (Å²) in [5.74, 6) is -0.638. The van der Waals surface area contributed by atoms with Gasteiger partial charge in [0, 0.05) is 24.7 Å². The third-order valence-electron chi connectivity index (χ3n) is 4.69. The van der Waals surface area contributed by atoms with E-state index in [-0.39, 0.29) is 18.3 Å². The highest BCUT2D eigenvalue weighted by molar-refractivity contribution is 6.06. The highest BCUT2D eigenvalue weighted by atomic mass is 19.1. The normalized spacial score (nSPS) is 11.0. The number of aromatic nitrogens is 3. The van der Waals surface area contributed by atoms with E-state index in [1.165, 1.54) is 6.07 Å². The molecule has 2 aromatic heterocycles. The zero-order valence-corrected chi connectivity index (χ0v) is 15.6. The molecule has 4 aromatic rings. The number of rotatable bonds is 4. The van der Waals surface area contributed by atoms with Crippen LogP contribution in [0.2, 0.25) is 0 Å². The van der Waals surface area contributed by atoms with Crippen LogP contribution in [0.4, 0.5) is 4.39 Å². The maximum Gasteiger partial charge on any atom is 0.252 e. The van der Waals surface area contributed by atoms with Gasteiger partial charge in [-0.25, -0.2) is 9.37 Å². The van der Waals surface area contributed by atoms with Crippen molar-refractivity contribution in [3.05, 3.63) is 83.3 Å². The standard InChI is InChI=1S/C22H19FN4O/c1-14-7-9-15(10-8-14)20-11-17(18-13-25-27(2)21(18)26-20)22(28)24-12-16-5-3-4-6-19(16)23/h3-11,13H,12H2,1-2H3,(H,24,28). The number of nitrogens with zero attached hydrogens (tertiary/aromatic N) is 3. The van der Waals surface area contributed by atoms with Gasteiger partial charge >= 0.3 is 0 Å². The molecule has 1 amide bonds. The fraction of sp³-hybridized carbons (Fsp3) is 0.136. The number of carbonyl (C=O) groups is 1. The zero-order valence-electron chi connectivity index (χ0n) is 15.6. The van der Waals surface area contributed by atoms with Crippen LogP contribution in [0.1, 0.15) is 21.5 Å². The van der Waals surface area contributed by atoms with E-state index >= 15 is 0 Å². The maximum atomic E-state index is 13.8. The van der Waals surface area contributed by atoms with Gasteiger partial charge in [0.25, 0.3) is 5.91 Å². The Bertz CT molecular complexity index is 1170. The summed E-state index contributed by atoms with van der Waals surface area (Å²) in [6, 6.07) is 16.1. The topological polar surface area (TPSA) is 59.8 Å². The Hall–Kier alpha value is -3.54. The average Bonchev–Trinajstić information content (AvgIpc) is 3.08. The number of hydrogen-bond donors (Lipinski definition) is 1. The van der Waals surface area contributed by atoms with Gasteiger partial charge < -0.3 is 5.32 Å². The molecule has 0 radical (unpaired) electrons. The van der Waals surface area contributed by atoms with Gasteiger partial charge in [-0.2, -0.15) is 5.10 Å². The minimum atomic E-state index is -0.343. The predicted molar refractivity (Wildman–Crippen MR) is 106 cm³/mol. The number of hydrogen-bond acceptors (Lipinski definition) is 3. The van der Waals surface area contributed by atoms with Crippen molar-refractivity contribution in [3.63, 3.8) is 0 Å². The lowest BCUT2D eigenvalue weighted by Crippen LogP contribution is -2.23. The largest absolute Gasteiger partial charge is 0.348 e. The zero-order chi connectivity index (χ0) is 19.7. The number of fused-ring (bicyclic) bond motifs is 1. The van der Waals surface area contributed by atoms with Crippen LogP contribution in [-0.4, -0.2) is 20.7 Å². The Kier molecular flexibility index (Phi) is 4.61. The molecule has 0 spiro atoms. The van der Waals surface area contributed by atoms with Gasteiger partial charge in [0.1, 0.15) is 5.82 Å². The number of halogens is 1. The van der Waals surface area contributed by atoms with E-state index in [1.807, 2.05) is 31.2 Å². The predicted octanol–water partition coefficient (Wildman–Crippen LogP) is 4.01. The lowest BCUT2D eigenvalue weighted by atomic mass is 10.0. The molecule has 0 aliphatic heterocycles. The highest BCUT2D eigenvalue weighted by Crippen LogP contribution is 2.25. The molecule has 0 aliphatic carbocycles. The summed E-state index contributed by atoms with van der Waals surface area (Å²) in [4.78, 5) is 17.6. The summed E-state index contributed by atoms with van der Waals surface area (Å²) < 4.78 is 15.5. The maximum absolute atomic E-state index is 13.8. The van der Waals surface area contributed by atoms with Crippen LogP contribution in [0.5, 0.6) is 0 Å². The average molecular weight is 374 g/mol. The summed E-state index contributed by atoms with van der Waals surface area (Å²) >= 11 is 0. The number of pyridine rings is 1. The van der Waals surface area contributed by atoms with Crippen molar-refractivity contribution >= 4 is 16.9 Å². The molecule has 2 aromatic carbocycles. The van der Waals surface area contributed by atoms with Crippen molar-refractivity contribution in [2.45, 2.75) is 13.5 Å². The monoisotopic (exact) mass is 374 g/mol. The molecule has 0 aliphatic rings. The minimum Gasteiger partial charge on any atom is -0.348 e. The Morgan fingerprint density at radius 2 is 1.89 bits per heavy atom. The molecule has 2 heterocycles. The van der Waals surface area contributed by atoms with E-state index in [2.05, 4.69) is 15.4 Å². The van der Waals surface area contributed by atoms with Crippen molar-refractivity contribution in [1.29, 1.82) is 0 Å². The molecule has 6 heteroatoms. The second-order valence-electron chi connectivity index (χ2n) is 6.70. The summed E-state index contributed by atoms with van der Waals surface area (Å²) in [6.45, 7) is 2.12. The Morgan fingerprint density at radius 3 is 2.64 bits per heavy atom. The van der Waals surface area contributed by atoms with Crippen LogP contribution in [0.3, 0.4) is 0 Å². The Morgan fingerprint density at radius 1 is 1.14 bits per heavy atom. The fourth-order valence-electron chi connectivity index (χ4n) is 3.09. The Balaban J connectivity index is 1.72. The summed E-state index contributed by atoms with van der Waals surface area (Å²) in [6.07, 6.45) is 1.62. The first kappa shape index (κ1) is 17.9. The summed E-state index contributed by atoms with van der Waals surface area (Å²) in [7, 11) is 1.79. The lowest BCUT2D eigenvalue weighted by Gasteiger charge is -2.10. The van der Waals surface area contributed by atoms with E-state index in [9.17, 15) is 9.18 Å². The van der Waals surface area contributed by atoms with Crippen LogP contribution in [0.25, 0.3) is 22.3 Å². The van der Waals surface area contributed by atoms with Crippen LogP contribution in [0, 0.1) is 12.7 Å². The Labute approximate surface area is 161 Å². The molecule has 1 N–H and O–H groups in total. The number of benzene rings is 2. The molecule has 28 heavy (non-hydrogen) atoms. The molecule has 5 nitrogen and oxygen atoms in total. The first-order valence-electron chi connectivity index (χ1n) is 8.94. The number of amides is 1. The lowest BCUT2D eigenvalue weighted by molar-refractivity contribution is 0.0952. The van der Waals surface area contributed by atoms with Crippen molar-refractivity contribution in [2.75, 3.05) is 0 Å². The van der Waals surface area contributed by atoms with Crippen LogP contribution < -0.4 is 5.32 Å². The van der Waals surface area contributed by atoms with Crippen molar-refractivity contribution in [2.24, 2.45) is 7.05 Å². The number of carbonyl (C=O) groups excluding carboxylic acids is 1. The van der Waals surface area contributed by atoms with Crippen LogP contribution in [0.15, 0.2) is 60.8 Å². The molecular weight excluding hydrogens is 355 g/mol. The van der Waals surface area contributed by atoms with E-state index in [0.29, 0.717) is 27.9 Å². The van der Waals surface area contributed by atoms with E-state index in [0.717, 1.165) is 11.1 Å². The van der Waals surface area contributed by atoms with Crippen LogP contribution >= 0.6 is 0 Å². The summed E-state index contributed by atoms with van der Waals surface area (Å²) in [5.41, 5.74) is 4.27. The molecule has 0 bridgehead atoms. The van der Waals surface area contributed by atoms with Gasteiger partial charge in [-0.15, -0.1) is 0 Å². The number of aryl methyl sites for hydroxylation is 2. The fourth-order valence-corrected chi connectivity index (χ4v) is 3.09. The van der Waals surface area contributed by atoms with Gasteiger partial charge in [0.15, 0.2) is 5.65 Å². The second-order valence-corrected chi connectivity index (χ2v) is 6.70. The summed E-state index contributed by atoms with van der Waals surface area (Å²) in [5, 5.41) is 7.69. The molecule has 0 saturated carbocycles. The molecule has 0 saturated heterocycles. The third kappa shape index (κ3) is 3.36. The molecule has 0 unspecified atom stereocenters. The van der Waals surface area contributed by atoms with Crippen molar-refractivity contribution < 1.29 is 9.18 Å². The van der Waals surface area contributed by atoms with Gasteiger partial charge in [-0.1, -0.05) is 48.0 Å². The van der Waals surface area contributed by atoms with Gasteiger partial charge in [0.2, 0.25) is 0 Å². The second kappa shape index (κ2) is 7.23. The molecular formula is C22H19FN4O. The van der Waals surface area contributed by atoms with E-state index < -0.39 is 0 Å². The van der Waals surface area contributed by atoms with Crippen molar-refractivity contribution in [3.8, 4) is 11.3 Å². The SMILES string of the molecule is Cc1ccc(-c2cc(C(=O)NCc3ccccc3F)c3cnn(C)c3n2)cc1. The molecule has 0 fully saturated rings. The first-order chi connectivity index (χ1) is 13.5.